The molecule has 0 fully saturated rings. The van der Waals surface area contributed by atoms with Crippen molar-refractivity contribution in [3.8, 4) is 0 Å². The summed E-state index contributed by atoms with van der Waals surface area (Å²) in [6, 6.07) is 9.94. The molecule has 0 spiro atoms. The minimum atomic E-state index is -0.984. The van der Waals surface area contributed by atoms with E-state index in [4.69, 9.17) is 9.15 Å². The first-order valence-electron chi connectivity index (χ1n) is 9.60. The number of carbonyl (C=O) groups is 2. The Morgan fingerprint density at radius 3 is 2.33 bits per heavy atom. The van der Waals surface area contributed by atoms with Crippen molar-refractivity contribution >= 4 is 34.2 Å². The van der Waals surface area contributed by atoms with Crippen molar-refractivity contribution in [1.29, 1.82) is 0 Å². The monoisotopic (exact) mass is 455 g/mol. The van der Waals surface area contributed by atoms with Crippen LogP contribution in [0.3, 0.4) is 0 Å². The van der Waals surface area contributed by atoms with Crippen LogP contribution in [0.15, 0.2) is 51.7 Å². The number of ether oxygens (including phenoxy) is 1. The molecule has 0 bridgehead atoms. The number of carbonyl (C=O) groups excluding carboxylic acids is 2. The summed E-state index contributed by atoms with van der Waals surface area (Å²) in [5, 5.41) is 25.3. The molecule has 1 N–H and O–H groups in total. The maximum atomic E-state index is 12.3. The molecule has 3 rings (SSSR count). The van der Waals surface area contributed by atoms with Crippen molar-refractivity contribution in [3.05, 3.63) is 89.8 Å². The molecule has 2 aromatic carbocycles. The smallest absolute Gasteiger partial charge is 0.349 e. The van der Waals surface area contributed by atoms with Crippen LogP contribution >= 0.6 is 0 Å². The molecule has 0 aliphatic rings. The Morgan fingerprint density at radius 2 is 1.70 bits per heavy atom. The van der Waals surface area contributed by atoms with Crippen LogP contribution in [0.1, 0.15) is 32.7 Å². The molecular formula is C21H17N3O9. The Labute approximate surface area is 185 Å². The molecule has 33 heavy (non-hydrogen) atoms. The van der Waals surface area contributed by atoms with Gasteiger partial charge in [-0.25, -0.2) is 9.59 Å². The fraction of sp³-hybridized carbons (Fsp3) is 0.190. The minimum absolute atomic E-state index is 0.0482. The van der Waals surface area contributed by atoms with Gasteiger partial charge in [0.1, 0.15) is 16.7 Å². The fourth-order valence-electron chi connectivity index (χ4n) is 3.02. The lowest BCUT2D eigenvalue weighted by Gasteiger charge is -2.07. The van der Waals surface area contributed by atoms with Gasteiger partial charge in [0.2, 0.25) is 0 Å². The molecular weight excluding hydrogens is 438 g/mol. The Bertz CT molecular complexity index is 1300. The Balaban J connectivity index is 1.57. The van der Waals surface area contributed by atoms with E-state index in [1.807, 2.05) is 0 Å². The summed E-state index contributed by atoms with van der Waals surface area (Å²) in [6.45, 7) is 1.08. The number of nitro benzene ring substituents is 2. The summed E-state index contributed by atoms with van der Waals surface area (Å²) in [5.41, 5.74) is -2.28. The second-order valence-corrected chi connectivity index (χ2v) is 6.88. The molecule has 1 amide bonds. The number of hydrogen-bond acceptors (Lipinski definition) is 9. The van der Waals surface area contributed by atoms with Gasteiger partial charge in [-0.3, -0.25) is 25.0 Å². The summed E-state index contributed by atoms with van der Waals surface area (Å²) in [7, 11) is 0. The van der Waals surface area contributed by atoms with Gasteiger partial charge in [0.05, 0.1) is 22.0 Å². The van der Waals surface area contributed by atoms with Gasteiger partial charge >= 0.3 is 11.6 Å². The molecule has 170 valence electrons. The molecule has 0 unspecified atom stereocenters. The maximum Gasteiger partial charge on any atom is 0.349 e. The number of amides is 1. The minimum Gasteiger partial charge on any atom is -0.462 e. The zero-order chi connectivity index (χ0) is 24.1. The number of rotatable bonds is 8. The summed E-state index contributed by atoms with van der Waals surface area (Å²) in [5.74, 6) is -1.65. The van der Waals surface area contributed by atoms with E-state index in [-0.39, 0.29) is 36.3 Å². The van der Waals surface area contributed by atoms with Gasteiger partial charge in [0.25, 0.3) is 17.3 Å². The standard InChI is InChI=1S/C21H17N3O9/c1-12-16(23(28)29)10-14(11-17(12)24(30)31)20(26)32-8-4-7-22-19(25)15-9-13-5-2-3-6-18(13)33-21(15)27/h2-3,5-6,9-11H,4,7-8H2,1H3,(H,22,25). The number of nitro groups is 2. The summed E-state index contributed by atoms with van der Waals surface area (Å²) >= 11 is 0. The molecule has 3 aromatic rings. The second-order valence-electron chi connectivity index (χ2n) is 6.88. The maximum absolute atomic E-state index is 12.3. The highest BCUT2D eigenvalue weighted by atomic mass is 16.6. The van der Waals surface area contributed by atoms with Gasteiger partial charge in [-0.1, -0.05) is 18.2 Å². The van der Waals surface area contributed by atoms with E-state index in [9.17, 15) is 34.6 Å². The Morgan fingerprint density at radius 1 is 1.06 bits per heavy atom. The third-order valence-corrected chi connectivity index (χ3v) is 4.71. The first-order valence-corrected chi connectivity index (χ1v) is 9.60. The molecule has 0 saturated heterocycles. The van der Waals surface area contributed by atoms with E-state index >= 15 is 0 Å². The van der Waals surface area contributed by atoms with Gasteiger partial charge in [0.15, 0.2) is 0 Å². The first-order chi connectivity index (χ1) is 15.7. The highest BCUT2D eigenvalue weighted by Crippen LogP contribution is 2.29. The van der Waals surface area contributed by atoms with Crippen LogP contribution in [0.2, 0.25) is 0 Å². The van der Waals surface area contributed by atoms with Crippen LogP contribution in [-0.4, -0.2) is 34.9 Å². The van der Waals surface area contributed by atoms with Crippen LogP contribution in [0.4, 0.5) is 11.4 Å². The van der Waals surface area contributed by atoms with Gasteiger partial charge < -0.3 is 14.5 Å². The van der Waals surface area contributed by atoms with Gasteiger partial charge in [-0.2, -0.15) is 0 Å². The fourth-order valence-corrected chi connectivity index (χ4v) is 3.02. The predicted octanol–water partition coefficient (Wildman–Crippen LogP) is 2.89. The van der Waals surface area contributed by atoms with E-state index in [2.05, 4.69) is 5.32 Å². The van der Waals surface area contributed by atoms with Crippen LogP contribution in [-0.2, 0) is 4.74 Å². The van der Waals surface area contributed by atoms with Crippen molar-refractivity contribution in [2.45, 2.75) is 13.3 Å². The summed E-state index contributed by atoms with van der Waals surface area (Å²) in [6.07, 6.45) is 0.159. The van der Waals surface area contributed by atoms with E-state index in [0.29, 0.717) is 11.0 Å². The number of hydrogen-bond donors (Lipinski definition) is 1. The lowest BCUT2D eigenvalue weighted by Crippen LogP contribution is -2.29. The number of nitrogens with one attached hydrogen (secondary N) is 1. The topological polar surface area (TPSA) is 172 Å². The number of nitrogens with zero attached hydrogens (tertiary/aromatic N) is 2. The highest BCUT2D eigenvalue weighted by Gasteiger charge is 2.26. The van der Waals surface area contributed by atoms with E-state index in [0.717, 1.165) is 12.1 Å². The average Bonchev–Trinajstić information content (AvgIpc) is 2.77. The van der Waals surface area contributed by atoms with Crippen LogP contribution in [0.5, 0.6) is 0 Å². The van der Waals surface area contributed by atoms with Crippen molar-refractivity contribution in [1.82, 2.24) is 5.32 Å². The summed E-state index contributed by atoms with van der Waals surface area (Å²) < 4.78 is 10.1. The Kier molecular flexibility index (Phi) is 6.77. The number of esters is 1. The molecule has 0 aliphatic carbocycles. The lowest BCUT2D eigenvalue weighted by molar-refractivity contribution is -0.395. The molecule has 1 aromatic heterocycles. The zero-order valence-electron chi connectivity index (χ0n) is 17.2. The van der Waals surface area contributed by atoms with E-state index < -0.39 is 38.7 Å². The van der Waals surface area contributed by atoms with Crippen LogP contribution in [0, 0.1) is 27.2 Å². The molecule has 0 saturated carbocycles. The first kappa shape index (κ1) is 23.1. The normalized spacial score (nSPS) is 10.6. The number of para-hydroxylation sites is 1. The largest absolute Gasteiger partial charge is 0.462 e. The SMILES string of the molecule is Cc1c([N+](=O)[O-])cc(C(=O)OCCCNC(=O)c2cc3ccccc3oc2=O)cc1[N+](=O)[O-]. The van der Waals surface area contributed by atoms with Crippen molar-refractivity contribution in [3.63, 3.8) is 0 Å². The van der Waals surface area contributed by atoms with Crippen molar-refractivity contribution in [2.24, 2.45) is 0 Å². The quantitative estimate of drug-likeness (QED) is 0.176. The predicted molar refractivity (Wildman–Crippen MR) is 114 cm³/mol. The third kappa shape index (κ3) is 5.18. The molecule has 12 heteroatoms. The average molecular weight is 455 g/mol. The Hall–Kier alpha value is -4.61. The van der Waals surface area contributed by atoms with Crippen LogP contribution in [0.25, 0.3) is 11.0 Å². The van der Waals surface area contributed by atoms with Gasteiger partial charge in [-0.15, -0.1) is 0 Å². The molecule has 0 radical (unpaired) electrons. The molecule has 0 aliphatic heterocycles. The highest BCUT2D eigenvalue weighted by molar-refractivity contribution is 5.96. The lowest BCUT2D eigenvalue weighted by atomic mass is 10.1. The van der Waals surface area contributed by atoms with Gasteiger partial charge in [0, 0.05) is 24.1 Å². The summed E-state index contributed by atoms with van der Waals surface area (Å²) in [4.78, 5) is 57.0. The molecule has 12 nitrogen and oxygen atoms in total. The van der Waals surface area contributed by atoms with E-state index in [1.54, 1.807) is 24.3 Å². The van der Waals surface area contributed by atoms with Crippen LogP contribution < -0.4 is 10.9 Å². The molecule has 1 heterocycles. The van der Waals surface area contributed by atoms with E-state index in [1.165, 1.54) is 13.0 Å². The van der Waals surface area contributed by atoms with Crippen molar-refractivity contribution < 1.29 is 28.6 Å². The van der Waals surface area contributed by atoms with Gasteiger partial charge in [-0.05, 0) is 25.5 Å². The zero-order valence-corrected chi connectivity index (χ0v) is 17.2. The van der Waals surface area contributed by atoms with Crippen molar-refractivity contribution in [2.75, 3.05) is 13.2 Å². The number of fused-ring (bicyclic) bond motifs is 1. The molecule has 0 atom stereocenters. The number of benzene rings is 2. The second kappa shape index (κ2) is 9.68. The third-order valence-electron chi connectivity index (χ3n) is 4.71.